The molecule has 1 aromatic carbocycles. The third-order valence-electron chi connectivity index (χ3n) is 3.11. The van der Waals surface area contributed by atoms with Crippen molar-refractivity contribution in [3.8, 4) is 5.75 Å². The zero-order valence-corrected chi connectivity index (χ0v) is 14.4. The maximum absolute atomic E-state index is 11.5. The summed E-state index contributed by atoms with van der Waals surface area (Å²) in [6.07, 6.45) is 0.638. The average molecular weight is 292 g/mol. The van der Waals surface area contributed by atoms with E-state index in [0.29, 0.717) is 12.0 Å². The van der Waals surface area contributed by atoms with Crippen LogP contribution in [0.2, 0.25) is 0 Å². The summed E-state index contributed by atoms with van der Waals surface area (Å²) >= 11 is 0. The Bertz CT molecular complexity index is 481. The second-order valence-corrected chi connectivity index (χ2v) is 4.60. The Hall–Kier alpha value is -0.544. The van der Waals surface area contributed by atoms with Crippen molar-refractivity contribution in [2.24, 2.45) is 0 Å². The van der Waals surface area contributed by atoms with Gasteiger partial charge in [0.25, 0.3) is 11.4 Å². The van der Waals surface area contributed by atoms with E-state index in [4.69, 9.17) is 0 Å². The minimum Gasteiger partial charge on any atom is -0.863 e. The van der Waals surface area contributed by atoms with E-state index in [9.17, 15) is 25.3 Å². The van der Waals surface area contributed by atoms with Crippen LogP contribution in [0, 0.1) is 20.2 Å². The molecule has 0 aromatic heterocycles. The van der Waals surface area contributed by atoms with Crippen molar-refractivity contribution in [1.82, 2.24) is 0 Å². The van der Waals surface area contributed by atoms with Crippen LogP contribution in [0.15, 0.2) is 12.1 Å². The van der Waals surface area contributed by atoms with E-state index in [1.54, 1.807) is 13.8 Å². The number of nitro benzene ring substituents is 2. The Kier molecular flexibility index (Phi) is 6.56. The van der Waals surface area contributed by atoms with Gasteiger partial charge in [0.2, 0.25) is 0 Å². The van der Waals surface area contributed by atoms with Gasteiger partial charge in [-0.05, 0) is 17.4 Å². The molecule has 0 heterocycles. The van der Waals surface area contributed by atoms with Gasteiger partial charge in [-0.2, -0.15) is 0 Å². The van der Waals surface area contributed by atoms with E-state index in [1.165, 1.54) is 0 Å². The summed E-state index contributed by atoms with van der Waals surface area (Å²) < 4.78 is 0. The van der Waals surface area contributed by atoms with Crippen molar-refractivity contribution in [2.75, 3.05) is 0 Å². The van der Waals surface area contributed by atoms with E-state index >= 15 is 0 Å². The first kappa shape index (κ1) is 18.5. The minimum atomic E-state index is -1.15. The number of benzene rings is 1. The van der Waals surface area contributed by atoms with Gasteiger partial charge in [-0.1, -0.05) is 20.8 Å². The van der Waals surface area contributed by atoms with Gasteiger partial charge in [-0.3, -0.25) is 20.2 Å². The molecule has 0 aliphatic heterocycles. The smallest absolute Gasteiger partial charge is 0.863 e. The Balaban J connectivity index is 0.00000324. The SMILES string of the molecule is CCC(C)(C)c1cc([N+](=O)[O-])c([O-])c([N+](=O)[O-])c1.[K+]. The van der Waals surface area contributed by atoms with Crippen molar-refractivity contribution in [2.45, 2.75) is 32.6 Å². The Morgan fingerprint density at radius 2 is 1.47 bits per heavy atom. The molecule has 0 aliphatic carbocycles. The quantitative estimate of drug-likeness (QED) is 0.413. The second kappa shape index (κ2) is 6.75. The van der Waals surface area contributed by atoms with E-state index in [2.05, 4.69) is 0 Å². The first-order valence-electron chi connectivity index (χ1n) is 5.35. The Morgan fingerprint density at radius 3 is 1.74 bits per heavy atom. The average Bonchev–Trinajstić information content (AvgIpc) is 2.28. The summed E-state index contributed by atoms with van der Waals surface area (Å²) in [7, 11) is 0. The van der Waals surface area contributed by atoms with Gasteiger partial charge in [0.15, 0.2) is 0 Å². The molecular weight excluding hydrogens is 279 g/mol. The first-order chi connectivity index (χ1) is 8.20. The molecule has 0 saturated carbocycles. The van der Waals surface area contributed by atoms with Gasteiger partial charge >= 0.3 is 51.4 Å². The summed E-state index contributed by atoms with van der Waals surface area (Å²) in [4.78, 5) is 19.7. The maximum atomic E-state index is 11.5. The summed E-state index contributed by atoms with van der Waals surface area (Å²) in [6.45, 7) is 5.48. The van der Waals surface area contributed by atoms with Gasteiger partial charge < -0.3 is 5.11 Å². The number of nitrogens with zero attached hydrogens (tertiary/aromatic N) is 2. The molecule has 98 valence electrons. The summed E-state index contributed by atoms with van der Waals surface area (Å²) in [5, 5.41) is 33.0. The van der Waals surface area contributed by atoms with Crippen LogP contribution >= 0.6 is 0 Å². The number of hydrogen-bond donors (Lipinski definition) is 0. The van der Waals surface area contributed by atoms with E-state index < -0.39 is 32.4 Å². The second-order valence-electron chi connectivity index (χ2n) is 4.60. The molecule has 0 saturated heterocycles. The summed E-state index contributed by atoms with van der Waals surface area (Å²) in [5.74, 6) is -1.15. The van der Waals surface area contributed by atoms with Crippen LogP contribution in [-0.4, -0.2) is 9.85 Å². The third-order valence-corrected chi connectivity index (χ3v) is 3.11. The van der Waals surface area contributed by atoms with E-state index in [-0.39, 0.29) is 51.4 Å². The van der Waals surface area contributed by atoms with Crippen molar-refractivity contribution >= 4 is 11.4 Å². The van der Waals surface area contributed by atoms with Crippen LogP contribution in [0.4, 0.5) is 11.4 Å². The predicted molar refractivity (Wildman–Crippen MR) is 62.5 cm³/mol. The zero-order chi connectivity index (χ0) is 14.1. The molecule has 7 nitrogen and oxygen atoms in total. The van der Waals surface area contributed by atoms with Crippen LogP contribution in [0.25, 0.3) is 0 Å². The van der Waals surface area contributed by atoms with Crippen molar-refractivity contribution in [3.05, 3.63) is 37.9 Å². The normalized spacial score (nSPS) is 10.7. The molecule has 0 bridgehead atoms. The van der Waals surface area contributed by atoms with Crippen LogP contribution in [0.1, 0.15) is 32.8 Å². The zero-order valence-electron chi connectivity index (χ0n) is 11.3. The number of nitro groups is 2. The Morgan fingerprint density at radius 1 is 1.11 bits per heavy atom. The molecule has 0 amide bonds. The maximum Gasteiger partial charge on any atom is 1.00 e. The fourth-order valence-corrected chi connectivity index (χ4v) is 1.46. The molecule has 19 heavy (non-hydrogen) atoms. The molecule has 0 atom stereocenters. The number of hydrogen-bond acceptors (Lipinski definition) is 5. The van der Waals surface area contributed by atoms with Crippen LogP contribution in [0.5, 0.6) is 5.75 Å². The minimum absolute atomic E-state index is 0. The molecule has 0 N–H and O–H groups in total. The Labute approximate surface area is 152 Å². The van der Waals surface area contributed by atoms with E-state index in [0.717, 1.165) is 12.1 Å². The van der Waals surface area contributed by atoms with Gasteiger partial charge in [0.05, 0.1) is 15.6 Å². The van der Waals surface area contributed by atoms with Gasteiger partial charge in [0, 0.05) is 12.1 Å². The van der Waals surface area contributed by atoms with Crippen LogP contribution < -0.4 is 56.5 Å². The molecule has 0 unspecified atom stereocenters. The molecule has 0 radical (unpaired) electrons. The van der Waals surface area contributed by atoms with E-state index in [1.807, 2.05) is 6.92 Å². The number of rotatable bonds is 4. The van der Waals surface area contributed by atoms with Crippen molar-refractivity contribution in [1.29, 1.82) is 0 Å². The molecule has 0 spiro atoms. The summed E-state index contributed by atoms with van der Waals surface area (Å²) in [6, 6.07) is 2.25. The fraction of sp³-hybridized carbons (Fsp3) is 0.455. The van der Waals surface area contributed by atoms with Gasteiger partial charge in [-0.25, -0.2) is 0 Å². The molecule has 0 fully saturated rings. The standard InChI is InChI=1S/C11H14N2O5.K/c1-4-11(2,3)7-5-8(12(15)16)10(14)9(6-7)13(17)18;/h5-6,14H,4H2,1-3H3;/q;+1/p-1. The molecule has 8 heteroatoms. The van der Waals surface area contributed by atoms with Crippen LogP contribution in [-0.2, 0) is 5.41 Å². The third kappa shape index (κ3) is 3.96. The van der Waals surface area contributed by atoms with Gasteiger partial charge in [-0.15, -0.1) is 0 Å². The van der Waals surface area contributed by atoms with Crippen molar-refractivity contribution < 1.29 is 66.3 Å². The topological polar surface area (TPSA) is 109 Å². The largest absolute Gasteiger partial charge is 1.00 e. The predicted octanol–water partition coefficient (Wildman–Crippen LogP) is -0.732. The monoisotopic (exact) mass is 292 g/mol. The van der Waals surface area contributed by atoms with Gasteiger partial charge in [0.1, 0.15) is 0 Å². The summed E-state index contributed by atoms with van der Waals surface area (Å²) in [5.41, 5.74) is -1.55. The molecule has 1 aromatic rings. The van der Waals surface area contributed by atoms with Crippen molar-refractivity contribution in [3.63, 3.8) is 0 Å². The first-order valence-corrected chi connectivity index (χ1v) is 5.35. The molecule has 0 aliphatic rings. The fourth-order valence-electron chi connectivity index (χ4n) is 1.46. The van der Waals surface area contributed by atoms with Crippen LogP contribution in [0.3, 0.4) is 0 Å². The molecule has 1 rings (SSSR count). The molecular formula is C11H13KN2O5.